The van der Waals surface area contributed by atoms with Crippen LogP contribution in [0, 0.1) is 13.8 Å². The van der Waals surface area contributed by atoms with Crippen molar-refractivity contribution in [3.63, 3.8) is 0 Å². The lowest BCUT2D eigenvalue weighted by molar-refractivity contribution is -0.142. The second-order valence-corrected chi connectivity index (χ2v) is 6.11. The van der Waals surface area contributed by atoms with Gasteiger partial charge in [-0.3, -0.25) is 9.36 Å². The van der Waals surface area contributed by atoms with E-state index in [9.17, 15) is 9.59 Å². The Kier molecular flexibility index (Phi) is 3.41. The molecule has 1 atom stereocenters. The molecule has 1 unspecified atom stereocenters. The number of ether oxygens (including phenoxy) is 2. The monoisotopic (exact) mass is 343 g/mol. The van der Waals surface area contributed by atoms with E-state index >= 15 is 0 Å². The summed E-state index contributed by atoms with van der Waals surface area (Å²) in [6.07, 6.45) is 0. The number of aromatic amines is 1. The van der Waals surface area contributed by atoms with E-state index in [1.54, 1.807) is 4.57 Å². The third-order valence-corrected chi connectivity index (χ3v) is 4.40. The average molecular weight is 343 g/mol. The highest BCUT2D eigenvalue weighted by molar-refractivity contribution is 5.92. The smallest absolute Gasteiger partial charge is 0.327 e. The fourth-order valence-corrected chi connectivity index (χ4v) is 3.34. The van der Waals surface area contributed by atoms with Gasteiger partial charge in [-0.05, 0) is 26.0 Å². The zero-order valence-electron chi connectivity index (χ0n) is 14.1. The first kappa shape index (κ1) is 15.5. The van der Waals surface area contributed by atoms with Crippen molar-refractivity contribution >= 4 is 17.0 Å². The standard InChI is InChI=1S/C17H17N3O5/c1-8-14(9(2)25-19-8)12-4-5-13-15-16(12)24-7-11(6-23-10(3)21)20(15)17(22)18-13/h4-5,11H,6-7H2,1-3H3,(H,18,22). The van der Waals surface area contributed by atoms with Crippen LogP contribution in [0.3, 0.4) is 0 Å². The summed E-state index contributed by atoms with van der Waals surface area (Å²) in [6, 6.07) is 3.34. The molecule has 0 saturated heterocycles. The normalized spacial score (nSPS) is 16.0. The molecule has 8 nitrogen and oxygen atoms in total. The van der Waals surface area contributed by atoms with Crippen molar-refractivity contribution < 1.29 is 18.8 Å². The number of esters is 1. The van der Waals surface area contributed by atoms with Crippen LogP contribution in [-0.2, 0) is 9.53 Å². The van der Waals surface area contributed by atoms with Crippen molar-refractivity contribution in [3.8, 4) is 16.9 Å². The van der Waals surface area contributed by atoms with E-state index in [1.165, 1.54) is 6.92 Å². The van der Waals surface area contributed by atoms with Gasteiger partial charge in [-0.25, -0.2) is 4.79 Å². The van der Waals surface area contributed by atoms with Gasteiger partial charge in [0, 0.05) is 12.5 Å². The first-order valence-corrected chi connectivity index (χ1v) is 7.94. The van der Waals surface area contributed by atoms with Gasteiger partial charge in [0.05, 0.1) is 16.8 Å². The van der Waals surface area contributed by atoms with E-state index in [0.29, 0.717) is 22.5 Å². The van der Waals surface area contributed by atoms with Gasteiger partial charge in [0.2, 0.25) is 0 Å². The molecule has 130 valence electrons. The first-order chi connectivity index (χ1) is 12.0. The maximum atomic E-state index is 12.4. The summed E-state index contributed by atoms with van der Waals surface area (Å²) >= 11 is 0. The van der Waals surface area contributed by atoms with Crippen molar-refractivity contribution in [3.05, 3.63) is 34.1 Å². The second-order valence-electron chi connectivity index (χ2n) is 6.11. The van der Waals surface area contributed by atoms with Crippen LogP contribution >= 0.6 is 0 Å². The van der Waals surface area contributed by atoms with Gasteiger partial charge in [0.1, 0.15) is 30.5 Å². The molecular weight excluding hydrogens is 326 g/mol. The molecule has 0 bridgehead atoms. The third-order valence-electron chi connectivity index (χ3n) is 4.40. The Balaban J connectivity index is 1.92. The summed E-state index contributed by atoms with van der Waals surface area (Å²) in [5.41, 5.74) is 3.50. The predicted octanol–water partition coefficient (Wildman–Crippen LogP) is 2.10. The van der Waals surface area contributed by atoms with Crippen LogP contribution in [0.25, 0.3) is 22.2 Å². The lowest BCUT2D eigenvalue weighted by atomic mass is 10.0. The molecule has 4 rings (SSSR count). The number of nitrogens with one attached hydrogen (secondary N) is 1. The molecule has 1 aliphatic heterocycles. The minimum absolute atomic E-state index is 0.0805. The van der Waals surface area contributed by atoms with E-state index in [2.05, 4.69) is 10.1 Å². The van der Waals surface area contributed by atoms with Gasteiger partial charge < -0.3 is 19.0 Å². The van der Waals surface area contributed by atoms with Crippen LogP contribution in [0.1, 0.15) is 24.4 Å². The maximum Gasteiger partial charge on any atom is 0.327 e. The molecule has 1 aliphatic rings. The molecule has 1 N–H and O–H groups in total. The Bertz CT molecular complexity index is 1020. The highest BCUT2D eigenvalue weighted by atomic mass is 16.5. The van der Waals surface area contributed by atoms with E-state index < -0.39 is 5.97 Å². The van der Waals surface area contributed by atoms with Crippen molar-refractivity contribution in [2.24, 2.45) is 0 Å². The molecule has 3 aromatic rings. The Morgan fingerprint density at radius 3 is 2.92 bits per heavy atom. The molecule has 1 aromatic carbocycles. The Hall–Kier alpha value is -3.03. The molecule has 0 fully saturated rings. The lowest BCUT2D eigenvalue weighted by Gasteiger charge is -2.26. The highest BCUT2D eigenvalue weighted by Gasteiger charge is 2.30. The summed E-state index contributed by atoms with van der Waals surface area (Å²) in [7, 11) is 0. The number of carbonyl (C=O) groups excluding carboxylic acids is 1. The SMILES string of the molecule is CC(=O)OCC1COc2c(-c3c(C)noc3C)ccc3[nH]c(=O)n1c23. The van der Waals surface area contributed by atoms with Crippen LogP contribution in [0.5, 0.6) is 5.75 Å². The van der Waals surface area contributed by atoms with E-state index in [1.807, 2.05) is 26.0 Å². The number of benzene rings is 1. The van der Waals surface area contributed by atoms with Crippen LogP contribution in [0.15, 0.2) is 21.5 Å². The van der Waals surface area contributed by atoms with E-state index in [4.69, 9.17) is 14.0 Å². The minimum atomic E-state index is -0.393. The zero-order chi connectivity index (χ0) is 17.7. The van der Waals surface area contributed by atoms with E-state index in [0.717, 1.165) is 16.8 Å². The summed E-state index contributed by atoms with van der Waals surface area (Å²) < 4.78 is 17.9. The lowest BCUT2D eigenvalue weighted by Crippen LogP contribution is -2.33. The average Bonchev–Trinajstić information content (AvgIpc) is 3.08. The fourth-order valence-electron chi connectivity index (χ4n) is 3.34. The molecule has 8 heteroatoms. The molecule has 25 heavy (non-hydrogen) atoms. The molecule has 3 heterocycles. The van der Waals surface area contributed by atoms with Gasteiger partial charge in [-0.1, -0.05) is 5.16 Å². The van der Waals surface area contributed by atoms with Crippen LogP contribution in [0.2, 0.25) is 0 Å². The maximum absolute atomic E-state index is 12.4. The van der Waals surface area contributed by atoms with Gasteiger partial charge in [-0.2, -0.15) is 0 Å². The predicted molar refractivity (Wildman–Crippen MR) is 88.7 cm³/mol. The quantitative estimate of drug-likeness (QED) is 0.731. The topological polar surface area (TPSA) is 99.3 Å². The summed E-state index contributed by atoms with van der Waals surface area (Å²) in [5, 5.41) is 3.99. The van der Waals surface area contributed by atoms with Crippen molar-refractivity contribution in [1.29, 1.82) is 0 Å². The van der Waals surface area contributed by atoms with Crippen molar-refractivity contribution in [1.82, 2.24) is 14.7 Å². The van der Waals surface area contributed by atoms with Crippen molar-refractivity contribution in [2.45, 2.75) is 26.8 Å². The fraction of sp³-hybridized carbons (Fsp3) is 0.353. The number of aromatic nitrogens is 3. The first-order valence-electron chi connectivity index (χ1n) is 7.94. The van der Waals surface area contributed by atoms with Gasteiger partial charge in [0.15, 0.2) is 5.75 Å². The molecule has 0 amide bonds. The summed E-state index contributed by atoms with van der Waals surface area (Å²) in [5.74, 6) is 0.891. The zero-order valence-corrected chi connectivity index (χ0v) is 14.1. The minimum Gasteiger partial charge on any atom is -0.488 e. The van der Waals surface area contributed by atoms with E-state index in [-0.39, 0.29) is 24.9 Å². The number of aryl methyl sites for hydroxylation is 2. The van der Waals surface area contributed by atoms with Crippen molar-refractivity contribution in [2.75, 3.05) is 13.2 Å². The number of H-pyrrole nitrogens is 1. The van der Waals surface area contributed by atoms with Gasteiger partial charge in [0.25, 0.3) is 0 Å². The number of imidazole rings is 1. The highest BCUT2D eigenvalue weighted by Crippen LogP contribution is 2.41. The molecule has 0 spiro atoms. The van der Waals surface area contributed by atoms with Crippen LogP contribution in [0.4, 0.5) is 0 Å². The molecule has 0 saturated carbocycles. The molecule has 0 radical (unpaired) electrons. The number of hydrogen-bond donors (Lipinski definition) is 1. The number of nitrogens with zero attached hydrogens (tertiary/aromatic N) is 2. The molecule has 0 aliphatic carbocycles. The number of carbonyl (C=O) groups is 1. The Morgan fingerprint density at radius 2 is 2.24 bits per heavy atom. The second kappa shape index (κ2) is 5.51. The largest absolute Gasteiger partial charge is 0.488 e. The Labute approximate surface area is 142 Å². The summed E-state index contributed by atoms with van der Waals surface area (Å²) in [4.78, 5) is 26.4. The summed E-state index contributed by atoms with van der Waals surface area (Å²) in [6.45, 7) is 5.34. The molecule has 2 aromatic heterocycles. The van der Waals surface area contributed by atoms with Gasteiger partial charge in [-0.15, -0.1) is 0 Å². The number of hydrogen-bond acceptors (Lipinski definition) is 6. The van der Waals surface area contributed by atoms with Crippen LogP contribution in [-0.4, -0.2) is 33.9 Å². The molecular formula is C17H17N3O5. The Morgan fingerprint density at radius 1 is 1.44 bits per heavy atom. The number of rotatable bonds is 3. The third kappa shape index (κ3) is 2.33. The van der Waals surface area contributed by atoms with Crippen LogP contribution < -0.4 is 10.4 Å². The van der Waals surface area contributed by atoms with Gasteiger partial charge >= 0.3 is 11.7 Å².